The van der Waals surface area contributed by atoms with Gasteiger partial charge in [0, 0.05) is 18.7 Å². The zero-order valence-electron chi connectivity index (χ0n) is 12.5. The summed E-state index contributed by atoms with van der Waals surface area (Å²) in [5.74, 6) is -0.0967. The number of hydrogen-bond donors (Lipinski definition) is 1. The molecule has 2 atom stereocenters. The highest BCUT2D eigenvalue weighted by molar-refractivity contribution is 8.18. The van der Waals surface area contributed by atoms with Gasteiger partial charge in [0.1, 0.15) is 5.75 Å². The molecule has 2 heterocycles. The average Bonchev–Trinajstić information content (AvgIpc) is 2.82. The molecule has 1 fully saturated rings. The zero-order valence-corrected chi connectivity index (χ0v) is 13.3. The summed E-state index contributed by atoms with van der Waals surface area (Å²) in [5.41, 5.74) is 0.624. The van der Waals surface area contributed by atoms with Gasteiger partial charge in [-0.2, -0.15) is 4.99 Å². The van der Waals surface area contributed by atoms with Crippen LogP contribution in [0.2, 0.25) is 0 Å². The van der Waals surface area contributed by atoms with Crippen molar-refractivity contribution in [2.75, 3.05) is 13.1 Å². The Kier molecular flexibility index (Phi) is 4.22. The van der Waals surface area contributed by atoms with Gasteiger partial charge in [0.15, 0.2) is 5.17 Å². The molecular weight excluding hydrogens is 300 g/mol. The minimum Gasteiger partial charge on any atom is -0.507 e. The quantitative estimate of drug-likeness (QED) is 0.806. The summed E-state index contributed by atoms with van der Waals surface area (Å²) < 4.78 is 5.70. The molecule has 2 unspecified atom stereocenters. The van der Waals surface area contributed by atoms with Crippen LogP contribution in [-0.4, -0.2) is 46.4 Å². The molecule has 0 radical (unpaired) electrons. The normalized spacial score (nSPS) is 27.4. The van der Waals surface area contributed by atoms with E-state index in [1.165, 1.54) is 11.8 Å². The third kappa shape index (κ3) is 3.18. The monoisotopic (exact) mass is 318 g/mol. The van der Waals surface area contributed by atoms with E-state index < -0.39 is 0 Å². The number of phenolic OH excluding ortho intramolecular Hbond substituents is 1. The molecule has 0 spiro atoms. The predicted molar refractivity (Wildman–Crippen MR) is 87.7 cm³/mol. The van der Waals surface area contributed by atoms with Crippen LogP contribution in [0.3, 0.4) is 0 Å². The van der Waals surface area contributed by atoms with Gasteiger partial charge < -0.3 is 14.7 Å². The average molecular weight is 318 g/mol. The largest absolute Gasteiger partial charge is 0.507 e. The maximum atomic E-state index is 12.1. The molecule has 116 valence electrons. The maximum Gasteiger partial charge on any atom is 0.286 e. The molecule has 5 nitrogen and oxygen atoms in total. The fourth-order valence-electron chi connectivity index (χ4n) is 2.62. The highest BCUT2D eigenvalue weighted by atomic mass is 32.2. The fraction of sp³-hybridized carbons (Fsp3) is 0.375. The molecule has 1 aromatic carbocycles. The van der Waals surface area contributed by atoms with Crippen molar-refractivity contribution in [3.05, 3.63) is 34.7 Å². The molecule has 3 rings (SSSR count). The number of para-hydroxylation sites is 1. The van der Waals surface area contributed by atoms with Crippen LogP contribution in [0.5, 0.6) is 5.75 Å². The second-order valence-corrected chi connectivity index (χ2v) is 6.54. The third-order valence-electron chi connectivity index (χ3n) is 3.52. The summed E-state index contributed by atoms with van der Waals surface area (Å²) >= 11 is 1.35. The molecule has 1 N–H and O–H groups in total. The molecule has 0 aromatic heterocycles. The Bertz CT molecular complexity index is 647. The molecule has 2 aliphatic rings. The second-order valence-electron chi connectivity index (χ2n) is 5.53. The van der Waals surface area contributed by atoms with Crippen molar-refractivity contribution in [1.82, 2.24) is 4.90 Å². The highest BCUT2D eigenvalue weighted by Crippen LogP contribution is 2.32. The zero-order chi connectivity index (χ0) is 15.7. The molecule has 1 saturated heterocycles. The molecule has 0 bridgehead atoms. The summed E-state index contributed by atoms with van der Waals surface area (Å²) in [6.45, 7) is 5.49. The van der Waals surface area contributed by atoms with Crippen LogP contribution >= 0.6 is 11.8 Å². The predicted octanol–water partition coefficient (Wildman–Crippen LogP) is 2.47. The van der Waals surface area contributed by atoms with Gasteiger partial charge in [-0.3, -0.25) is 4.79 Å². The number of aromatic hydroxyl groups is 1. The lowest BCUT2D eigenvalue weighted by atomic mass is 10.2. The number of nitrogens with zero attached hydrogens (tertiary/aromatic N) is 2. The molecule has 1 amide bonds. The fourth-order valence-corrected chi connectivity index (χ4v) is 3.54. The SMILES string of the molecule is CC1CN(C2=NC(=O)/C(=C\c3ccccc3O)S2)CC(C)O1. The van der Waals surface area contributed by atoms with Gasteiger partial charge >= 0.3 is 0 Å². The molecule has 6 heteroatoms. The first-order chi connectivity index (χ1) is 10.5. The van der Waals surface area contributed by atoms with Crippen LogP contribution in [0, 0.1) is 0 Å². The first-order valence-corrected chi connectivity index (χ1v) is 8.05. The first-order valence-electron chi connectivity index (χ1n) is 7.24. The molecule has 1 aromatic rings. The Morgan fingerprint density at radius 1 is 1.32 bits per heavy atom. The summed E-state index contributed by atoms with van der Waals surface area (Å²) in [7, 11) is 0. The first kappa shape index (κ1) is 15.1. The van der Waals surface area contributed by atoms with E-state index in [9.17, 15) is 9.90 Å². The van der Waals surface area contributed by atoms with Crippen molar-refractivity contribution >= 4 is 28.9 Å². The van der Waals surface area contributed by atoms with Crippen molar-refractivity contribution in [1.29, 1.82) is 0 Å². The van der Waals surface area contributed by atoms with E-state index in [0.717, 1.165) is 13.1 Å². The number of rotatable bonds is 1. The highest BCUT2D eigenvalue weighted by Gasteiger charge is 2.31. The molecular formula is C16H18N2O3S. The van der Waals surface area contributed by atoms with E-state index in [1.54, 1.807) is 24.3 Å². The molecule has 2 aliphatic heterocycles. The Morgan fingerprint density at radius 2 is 2.00 bits per heavy atom. The maximum absolute atomic E-state index is 12.1. The number of carbonyl (C=O) groups excluding carboxylic acids is 1. The minimum atomic E-state index is -0.255. The van der Waals surface area contributed by atoms with Gasteiger partial charge in [0.2, 0.25) is 0 Å². The van der Waals surface area contributed by atoms with Crippen LogP contribution in [0.25, 0.3) is 6.08 Å². The van der Waals surface area contributed by atoms with Crippen LogP contribution in [0.1, 0.15) is 19.4 Å². The summed E-state index contributed by atoms with van der Waals surface area (Å²) in [4.78, 5) is 18.9. The number of aliphatic imine (C=N–C) groups is 1. The van der Waals surface area contributed by atoms with Crippen molar-refractivity contribution < 1.29 is 14.6 Å². The minimum absolute atomic E-state index is 0.119. The van der Waals surface area contributed by atoms with E-state index in [4.69, 9.17) is 4.74 Å². The van der Waals surface area contributed by atoms with Gasteiger partial charge in [-0.15, -0.1) is 0 Å². The number of ether oxygens (including phenoxy) is 1. The van der Waals surface area contributed by atoms with E-state index >= 15 is 0 Å². The second kappa shape index (κ2) is 6.14. The number of amidine groups is 1. The Hall–Kier alpha value is -1.79. The number of carbonyl (C=O) groups is 1. The van der Waals surface area contributed by atoms with Gasteiger partial charge in [-0.1, -0.05) is 18.2 Å². The van der Waals surface area contributed by atoms with Crippen LogP contribution in [0.15, 0.2) is 34.2 Å². The smallest absolute Gasteiger partial charge is 0.286 e. The van der Waals surface area contributed by atoms with Crippen molar-refractivity contribution in [3.63, 3.8) is 0 Å². The molecule has 22 heavy (non-hydrogen) atoms. The number of hydrogen-bond acceptors (Lipinski definition) is 5. The number of phenols is 1. The van der Waals surface area contributed by atoms with Crippen LogP contribution < -0.4 is 0 Å². The summed E-state index contributed by atoms with van der Waals surface area (Å²) in [6.07, 6.45) is 1.92. The topological polar surface area (TPSA) is 62.1 Å². The van der Waals surface area contributed by atoms with E-state index in [0.29, 0.717) is 15.6 Å². The summed E-state index contributed by atoms with van der Waals surface area (Å²) in [5, 5.41) is 10.5. The Labute approximate surface area is 133 Å². The number of morpholine rings is 1. The summed E-state index contributed by atoms with van der Waals surface area (Å²) in [6, 6.07) is 6.94. The number of benzene rings is 1. The van der Waals surface area contributed by atoms with Crippen molar-refractivity contribution in [2.45, 2.75) is 26.1 Å². The van der Waals surface area contributed by atoms with Crippen molar-refractivity contribution in [2.24, 2.45) is 4.99 Å². The standard InChI is InChI=1S/C16H18N2O3S/c1-10-8-18(9-11(2)21-10)16-17-15(20)14(22-16)7-12-5-3-4-6-13(12)19/h3-7,10-11,19H,8-9H2,1-2H3/b14-7+. The Morgan fingerprint density at radius 3 is 2.68 bits per heavy atom. The molecule has 0 saturated carbocycles. The van der Waals surface area contributed by atoms with Crippen LogP contribution in [-0.2, 0) is 9.53 Å². The molecule has 0 aliphatic carbocycles. The van der Waals surface area contributed by atoms with Gasteiger partial charge in [-0.05, 0) is 37.8 Å². The van der Waals surface area contributed by atoms with Gasteiger partial charge in [-0.25, -0.2) is 0 Å². The van der Waals surface area contributed by atoms with E-state index in [1.807, 2.05) is 19.9 Å². The van der Waals surface area contributed by atoms with Crippen molar-refractivity contribution in [3.8, 4) is 5.75 Å². The van der Waals surface area contributed by atoms with Gasteiger partial charge in [0.25, 0.3) is 5.91 Å². The Balaban J connectivity index is 1.78. The van der Waals surface area contributed by atoms with E-state index in [-0.39, 0.29) is 23.9 Å². The van der Waals surface area contributed by atoms with Crippen LogP contribution in [0.4, 0.5) is 0 Å². The lowest BCUT2D eigenvalue weighted by Crippen LogP contribution is -2.47. The third-order valence-corrected chi connectivity index (χ3v) is 4.57. The van der Waals surface area contributed by atoms with Gasteiger partial charge in [0.05, 0.1) is 17.1 Å². The number of amides is 1. The lowest BCUT2D eigenvalue weighted by molar-refractivity contribution is -0.113. The number of thioether (sulfide) groups is 1. The van der Waals surface area contributed by atoms with E-state index in [2.05, 4.69) is 9.89 Å². The lowest BCUT2D eigenvalue weighted by Gasteiger charge is -2.35.